The first-order chi connectivity index (χ1) is 11.6. The normalized spacial score (nSPS) is 14.4. The minimum absolute atomic E-state index is 0.0155. The van der Waals surface area contributed by atoms with E-state index in [1.165, 1.54) is 0 Å². The molecule has 4 nitrogen and oxygen atoms in total. The molecule has 0 saturated carbocycles. The maximum absolute atomic E-state index is 12.5. The van der Waals surface area contributed by atoms with E-state index in [1.54, 1.807) is 12.1 Å². The molecular formula is C20H33NO3S. The number of hydrogen-bond acceptors (Lipinski definition) is 3. The van der Waals surface area contributed by atoms with Gasteiger partial charge in [0.25, 0.3) is 0 Å². The molecule has 0 aromatic heterocycles. The fraction of sp³-hybridized carbons (Fsp3) is 0.650. The summed E-state index contributed by atoms with van der Waals surface area (Å²) in [6, 6.07) is 7.45. The molecular weight excluding hydrogens is 334 g/mol. The third kappa shape index (κ3) is 7.70. The van der Waals surface area contributed by atoms with Crippen LogP contribution in [-0.4, -0.2) is 21.0 Å². The number of benzene rings is 1. The van der Waals surface area contributed by atoms with Gasteiger partial charge >= 0.3 is 5.97 Å². The van der Waals surface area contributed by atoms with Crippen LogP contribution in [0, 0.1) is 0 Å². The predicted octanol–water partition coefficient (Wildman–Crippen LogP) is 4.93. The van der Waals surface area contributed by atoms with Crippen LogP contribution in [-0.2, 0) is 15.7 Å². The lowest BCUT2D eigenvalue weighted by atomic mass is 10.00. The Balaban J connectivity index is 2.89. The molecule has 1 N–H and O–H groups in total. The fourth-order valence-corrected chi connectivity index (χ4v) is 3.20. The van der Waals surface area contributed by atoms with E-state index < -0.39 is 11.0 Å². The van der Waals surface area contributed by atoms with Gasteiger partial charge in [0.2, 0.25) is 0 Å². The molecule has 0 amide bonds. The molecule has 0 saturated heterocycles. The zero-order valence-corrected chi connectivity index (χ0v) is 17.2. The molecule has 0 unspecified atom stereocenters. The second-order valence-corrected chi connectivity index (χ2v) is 9.62. The molecule has 1 aromatic carbocycles. The van der Waals surface area contributed by atoms with Crippen molar-refractivity contribution in [2.75, 3.05) is 0 Å². The quantitative estimate of drug-likeness (QED) is 0.497. The van der Waals surface area contributed by atoms with Crippen molar-refractivity contribution in [1.29, 1.82) is 0 Å². The molecule has 142 valence electrons. The van der Waals surface area contributed by atoms with Gasteiger partial charge in [-0.2, -0.15) is 0 Å². The standard InChI is InChI=1S/C20H33NO3S/c1-7-8-9-10-18(21-25(23)20(4,5)6)16-11-13-17(14-12-16)19(22)24-15(2)3/h11-15,18,21H,7-10H2,1-6H3/t18-,25+/m1/s1. The predicted molar refractivity (Wildman–Crippen MR) is 105 cm³/mol. The summed E-state index contributed by atoms with van der Waals surface area (Å²) in [7, 11) is -1.14. The Hall–Kier alpha value is -1.20. The molecule has 2 atom stereocenters. The Morgan fingerprint density at radius 3 is 2.24 bits per heavy atom. The van der Waals surface area contributed by atoms with Gasteiger partial charge in [-0.3, -0.25) is 0 Å². The van der Waals surface area contributed by atoms with Gasteiger partial charge in [0.05, 0.1) is 27.4 Å². The molecule has 0 fully saturated rings. The number of unbranched alkanes of at least 4 members (excludes halogenated alkanes) is 2. The van der Waals surface area contributed by atoms with Gasteiger partial charge in [-0.15, -0.1) is 0 Å². The molecule has 1 rings (SSSR count). The summed E-state index contributed by atoms with van der Waals surface area (Å²) in [4.78, 5) is 12.0. The second-order valence-electron chi connectivity index (χ2n) is 7.62. The van der Waals surface area contributed by atoms with Crippen LogP contribution in [0.3, 0.4) is 0 Å². The summed E-state index contributed by atoms with van der Waals surface area (Å²) in [5.74, 6) is -0.310. The maximum Gasteiger partial charge on any atom is 0.338 e. The fourth-order valence-electron chi connectivity index (χ4n) is 2.33. The monoisotopic (exact) mass is 367 g/mol. The van der Waals surface area contributed by atoms with Crippen molar-refractivity contribution in [3.8, 4) is 0 Å². The number of rotatable bonds is 9. The molecule has 0 spiro atoms. The third-order valence-electron chi connectivity index (χ3n) is 3.79. The van der Waals surface area contributed by atoms with Crippen molar-refractivity contribution in [1.82, 2.24) is 4.72 Å². The van der Waals surface area contributed by atoms with Gasteiger partial charge in [0.1, 0.15) is 0 Å². The molecule has 0 aliphatic rings. The van der Waals surface area contributed by atoms with E-state index in [4.69, 9.17) is 4.74 Å². The minimum atomic E-state index is -1.14. The Morgan fingerprint density at radius 1 is 1.16 bits per heavy atom. The minimum Gasteiger partial charge on any atom is -0.459 e. The zero-order valence-electron chi connectivity index (χ0n) is 16.4. The van der Waals surface area contributed by atoms with E-state index >= 15 is 0 Å². The largest absolute Gasteiger partial charge is 0.459 e. The molecule has 25 heavy (non-hydrogen) atoms. The highest BCUT2D eigenvalue weighted by Gasteiger charge is 2.23. The van der Waals surface area contributed by atoms with Gasteiger partial charge in [-0.1, -0.05) is 38.3 Å². The third-order valence-corrected chi connectivity index (χ3v) is 5.40. The number of esters is 1. The van der Waals surface area contributed by atoms with Crippen molar-refractivity contribution >= 4 is 17.0 Å². The first-order valence-corrected chi connectivity index (χ1v) is 10.3. The van der Waals surface area contributed by atoms with Crippen molar-refractivity contribution in [2.45, 2.75) is 84.1 Å². The first-order valence-electron chi connectivity index (χ1n) is 9.14. The summed E-state index contributed by atoms with van der Waals surface area (Å²) in [5.41, 5.74) is 1.59. The lowest BCUT2D eigenvalue weighted by Crippen LogP contribution is -2.35. The lowest BCUT2D eigenvalue weighted by Gasteiger charge is -2.25. The Kier molecular flexibility index (Phi) is 8.80. The van der Waals surface area contributed by atoms with Gasteiger partial charge in [0.15, 0.2) is 0 Å². The highest BCUT2D eigenvalue weighted by Crippen LogP contribution is 2.23. The zero-order chi connectivity index (χ0) is 19.0. The van der Waals surface area contributed by atoms with E-state index in [9.17, 15) is 9.00 Å². The van der Waals surface area contributed by atoms with E-state index in [-0.39, 0.29) is 22.9 Å². The average molecular weight is 368 g/mol. The number of carbonyl (C=O) groups excluding carboxylic acids is 1. The van der Waals surface area contributed by atoms with Crippen LogP contribution in [0.15, 0.2) is 24.3 Å². The summed E-state index contributed by atoms with van der Waals surface area (Å²) < 4.78 is 20.7. The molecule has 0 aliphatic carbocycles. The van der Waals surface area contributed by atoms with Crippen LogP contribution in [0.2, 0.25) is 0 Å². The summed E-state index contributed by atoms with van der Waals surface area (Å²) >= 11 is 0. The van der Waals surface area contributed by atoms with Crippen LogP contribution >= 0.6 is 0 Å². The molecule has 0 bridgehead atoms. The molecule has 5 heteroatoms. The van der Waals surface area contributed by atoms with Gasteiger partial charge in [0, 0.05) is 6.04 Å². The Bertz CT molecular complexity index is 561. The Morgan fingerprint density at radius 2 is 1.76 bits per heavy atom. The highest BCUT2D eigenvalue weighted by atomic mass is 32.2. The number of ether oxygens (including phenoxy) is 1. The molecule has 1 aromatic rings. The summed E-state index contributed by atoms with van der Waals surface area (Å²) in [6.45, 7) is 11.7. The van der Waals surface area contributed by atoms with Crippen molar-refractivity contribution in [2.24, 2.45) is 0 Å². The highest BCUT2D eigenvalue weighted by molar-refractivity contribution is 7.84. The topological polar surface area (TPSA) is 55.4 Å². The van der Waals surface area contributed by atoms with Gasteiger partial charge < -0.3 is 4.74 Å². The molecule has 0 aliphatic heterocycles. The first kappa shape index (κ1) is 21.8. The van der Waals surface area contributed by atoms with Crippen molar-refractivity contribution in [3.05, 3.63) is 35.4 Å². The van der Waals surface area contributed by atoms with Crippen molar-refractivity contribution < 1.29 is 13.7 Å². The van der Waals surface area contributed by atoms with E-state index in [0.717, 1.165) is 31.2 Å². The Labute approximate surface area is 155 Å². The number of carbonyl (C=O) groups is 1. The number of nitrogens with one attached hydrogen (secondary N) is 1. The van der Waals surface area contributed by atoms with E-state index in [2.05, 4.69) is 11.6 Å². The van der Waals surface area contributed by atoms with E-state index in [1.807, 2.05) is 46.8 Å². The van der Waals surface area contributed by atoms with Crippen LogP contribution in [0.5, 0.6) is 0 Å². The van der Waals surface area contributed by atoms with Crippen LogP contribution in [0.1, 0.15) is 89.2 Å². The van der Waals surface area contributed by atoms with Gasteiger partial charge in [-0.25, -0.2) is 13.7 Å². The molecule has 0 radical (unpaired) electrons. The SMILES string of the molecule is CCCCC[C@@H](N[S@@](=O)C(C)(C)C)c1ccc(C(=O)OC(C)C)cc1. The van der Waals surface area contributed by atoms with Crippen LogP contribution < -0.4 is 4.72 Å². The lowest BCUT2D eigenvalue weighted by molar-refractivity contribution is 0.0378. The summed E-state index contributed by atoms with van der Waals surface area (Å²) in [5, 5.41) is 0. The van der Waals surface area contributed by atoms with Crippen LogP contribution in [0.4, 0.5) is 0 Å². The van der Waals surface area contributed by atoms with E-state index in [0.29, 0.717) is 5.56 Å². The van der Waals surface area contributed by atoms with Crippen LogP contribution in [0.25, 0.3) is 0 Å². The van der Waals surface area contributed by atoms with Crippen molar-refractivity contribution in [3.63, 3.8) is 0 Å². The molecule has 0 heterocycles. The summed E-state index contributed by atoms with van der Waals surface area (Å²) in [6.07, 6.45) is 4.16. The second kappa shape index (κ2) is 10.1. The number of hydrogen-bond donors (Lipinski definition) is 1. The average Bonchev–Trinajstić information content (AvgIpc) is 2.52. The maximum atomic E-state index is 12.5. The smallest absolute Gasteiger partial charge is 0.338 e. The van der Waals surface area contributed by atoms with Gasteiger partial charge in [-0.05, 0) is 58.7 Å².